The van der Waals surface area contributed by atoms with Crippen molar-refractivity contribution in [1.82, 2.24) is 5.32 Å². The molecule has 5 heteroatoms. The minimum atomic E-state index is -0.559. The number of rotatable bonds is 4. The molecule has 0 saturated carbocycles. The number of benzene rings is 2. The molecule has 2 nitrogen and oxygen atoms in total. The smallest absolute Gasteiger partial charge is 0.145 e. The molecule has 0 spiro atoms. The highest BCUT2D eigenvalue weighted by Gasteiger charge is 2.15. The summed E-state index contributed by atoms with van der Waals surface area (Å²) in [5.41, 5.74) is 1.13. The van der Waals surface area contributed by atoms with E-state index in [9.17, 15) is 8.78 Å². The molecule has 0 aliphatic rings. The molecule has 0 fully saturated rings. The van der Waals surface area contributed by atoms with Gasteiger partial charge in [-0.1, -0.05) is 11.6 Å². The van der Waals surface area contributed by atoms with Gasteiger partial charge in [-0.05, 0) is 50.7 Å². The molecular formula is C16H16ClF2NO. The molecule has 0 saturated heterocycles. The van der Waals surface area contributed by atoms with Gasteiger partial charge < -0.3 is 10.1 Å². The van der Waals surface area contributed by atoms with Crippen LogP contribution < -0.4 is 10.1 Å². The van der Waals surface area contributed by atoms with Crippen molar-refractivity contribution in [2.75, 3.05) is 7.05 Å². The van der Waals surface area contributed by atoms with Crippen LogP contribution in [0.1, 0.15) is 24.1 Å². The molecule has 1 unspecified atom stereocenters. The summed E-state index contributed by atoms with van der Waals surface area (Å²) in [6.45, 7) is 3.54. The molecule has 1 N–H and O–H groups in total. The number of hydrogen-bond donors (Lipinski definition) is 1. The monoisotopic (exact) mass is 311 g/mol. The first-order valence-electron chi connectivity index (χ1n) is 6.52. The van der Waals surface area contributed by atoms with Gasteiger partial charge in [-0.15, -0.1) is 0 Å². The molecule has 1 atom stereocenters. The zero-order valence-electron chi connectivity index (χ0n) is 12.0. The fourth-order valence-corrected chi connectivity index (χ4v) is 2.04. The lowest BCUT2D eigenvalue weighted by molar-refractivity contribution is 0.458. The largest absolute Gasteiger partial charge is 0.457 e. The minimum Gasteiger partial charge on any atom is -0.457 e. The highest BCUT2D eigenvalue weighted by molar-refractivity contribution is 6.30. The maximum absolute atomic E-state index is 13.8. The topological polar surface area (TPSA) is 21.3 Å². The van der Waals surface area contributed by atoms with Gasteiger partial charge in [0, 0.05) is 17.7 Å². The molecule has 0 heterocycles. The Morgan fingerprint density at radius 3 is 2.48 bits per heavy atom. The summed E-state index contributed by atoms with van der Waals surface area (Å²) in [5.74, 6) is -0.0668. The number of halogens is 3. The van der Waals surface area contributed by atoms with Crippen molar-refractivity contribution in [2.24, 2.45) is 0 Å². The van der Waals surface area contributed by atoms with E-state index >= 15 is 0 Å². The van der Waals surface area contributed by atoms with Crippen LogP contribution in [0.25, 0.3) is 0 Å². The van der Waals surface area contributed by atoms with Crippen LogP contribution in [0.2, 0.25) is 5.02 Å². The maximum atomic E-state index is 13.8. The Balaban J connectivity index is 2.42. The second-order valence-corrected chi connectivity index (χ2v) is 5.23. The van der Waals surface area contributed by atoms with E-state index in [-0.39, 0.29) is 16.9 Å². The first-order valence-corrected chi connectivity index (χ1v) is 6.90. The van der Waals surface area contributed by atoms with Crippen LogP contribution in [0.5, 0.6) is 11.5 Å². The Hall–Kier alpha value is -1.65. The van der Waals surface area contributed by atoms with E-state index in [2.05, 4.69) is 5.32 Å². The number of nitrogens with one attached hydrogen (secondary N) is 1. The molecule has 2 rings (SSSR count). The van der Waals surface area contributed by atoms with E-state index in [0.717, 1.165) is 0 Å². The molecule has 0 aliphatic carbocycles. The molecule has 2 aromatic rings. The Bertz CT molecular complexity index is 661. The molecule has 21 heavy (non-hydrogen) atoms. The van der Waals surface area contributed by atoms with Crippen molar-refractivity contribution in [2.45, 2.75) is 19.9 Å². The van der Waals surface area contributed by atoms with Gasteiger partial charge in [0.15, 0.2) is 0 Å². The maximum Gasteiger partial charge on any atom is 0.145 e. The van der Waals surface area contributed by atoms with Crippen LogP contribution in [-0.2, 0) is 0 Å². The van der Waals surface area contributed by atoms with Crippen LogP contribution in [0.4, 0.5) is 8.78 Å². The lowest BCUT2D eigenvalue weighted by Crippen LogP contribution is -2.13. The minimum absolute atomic E-state index is 0.0291. The fourth-order valence-electron chi connectivity index (χ4n) is 1.92. The Morgan fingerprint density at radius 2 is 1.86 bits per heavy atom. The third-order valence-electron chi connectivity index (χ3n) is 3.31. The SMILES string of the molecule is CNC(C)c1cc(F)c(C)cc1Oc1ccc(Cl)c(F)c1. The molecule has 2 aromatic carbocycles. The van der Waals surface area contributed by atoms with Gasteiger partial charge in [0.1, 0.15) is 23.1 Å². The highest BCUT2D eigenvalue weighted by Crippen LogP contribution is 2.33. The second kappa shape index (κ2) is 6.41. The van der Waals surface area contributed by atoms with Gasteiger partial charge in [0.05, 0.1) is 5.02 Å². The quantitative estimate of drug-likeness (QED) is 0.858. The summed E-state index contributed by atoms with van der Waals surface area (Å²) in [5, 5.41) is 3.06. The molecular weight excluding hydrogens is 296 g/mol. The van der Waals surface area contributed by atoms with Crippen molar-refractivity contribution >= 4 is 11.6 Å². The summed E-state index contributed by atoms with van der Waals surface area (Å²) in [6, 6.07) is 7.12. The molecule has 112 valence electrons. The standard InChI is InChI=1S/C16H16ClF2NO/c1-9-6-16(12(8-14(9)18)10(2)20-3)21-11-4-5-13(17)15(19)7-11/h4-8,10,20H,1-3H3. The summed E-state index contributed by atoms with van der Waals surface area (Å²) < 4.78 is 32.9. The van der Waals surface area contributed by atoms with Crippen molar-refractivity contribution in [3.8, 4) is 11.5 Å². The van der Waals surface area contributed by atoms with E-state index < -0.39 is 5.82 Å². The van der Waals surface area contributed by atoms with E-state index in [4.69, 9.17) is 16.3 Å². The third kappa shape index (κ3) is 3.52. The molecule has 0 radical (unpaired) electrons. The van der Waals surface area contributed by atoms with Gasteiger partial charge in [-0.2, -0.15) is 0 Å². The molecule has 0 amide bonds. The van der Waals surface area contributed by atoms with Gasteiger partial charge in [-0.25, -0.2) is 8.78 Å². The second-order valence-electron chi connectivity index (χ2n) is 4.83. The van der Waals surface area contributed by atoms with E-state index in [1.165, 1.54) is 18.2 Å². The fraction of sp³-hybridized carbons (Fsp3) is 0.250. The van der Waals surface area contributed by atoms with E-state index in [1.54, 1.807) is 26.1 Å². The van der Waals surface area contributed by atoms with Gasteiger partial charge in [0.25, 0.3) is 0 Å². The zero-order chi connectivity index (χ0) is 15.6. The first kappa shape index (κ1) is 15.7. The summed E-state index contributed by atoms with van der Waals surface area (Å²) in [6.07, 6.45) is 0. The van der Waals surface area contributed by atoms with Crippen molar-refractivity contribution in [3.63, 3.8) is 0 Å². The zero-order valence-corrected chi connectivity index (χ0v) is 12.8. The van der Waals surface area contributed by atoms with E-state index in [1.807, 2.05) is 6.92 Å². The predicted molar refractivity (Wildman–Crippen MR) is 80.1 cm³/mol. The highest BCUT2D eigenvalue weighted by atomic mass is 35.5. The summed E-state index contributed by atoms with van der Waals surface area (Å²) >= 11 is 5.64. The van der Waals surface area contributed by atoms with Gasteiger partial charge in [0.2, 0.25) is 0 Å². The van der Waals surface area contributed by atoms with Gasteiger partial charge in [-0.3, -0.25) is 0 Å². The number of aryl methyl sites for hydroxylation is 1. The average molecular weight is 312 g/mol. The van der Waals surface area contributed by atoms with Crippen LogP contribution in [0.15, 0.2) is 30.3 Å². The average Bonchev–Trinajstić information content (AvgIpc) is 2.45. The summed E-state index contributed by atoms with van der Waals surface area (Å²) in [4.78, 5) is 0. The Labute approximate surface area is 127 Å². The normalized spacial score (nSPS) is 12.3. The van der Waals surface area contributed by atoms with Crippen molar-refractivity contribution in [3.05, 3.63) is 58.1 Å². The lowest BCUT2D eigenvalue weighted by atomic mass is 10.0. The third-order valence-corrected chi connectivity index (χ3v) is 3.62. The first-order chi connectivity index (χ1) is 9.92. The predicted octanol–water partition coefficient (Wildman–Crippen LogP) is 5.00. The van der Waals surface area contributed by atoms with E-state index in [0.29, 0.717) is 22.6 Å². The molecule has 0 bridgehead atoms. The van der Waals surface area contributed by atoms with Crippen molar-refractivity contribution in [1.29, 1.82) is 0 Å². The molecule has 0 aliphatic heterocycles. The number of hydrogen-bond acceptors (Lipinski definition) is 2. The van der Waals surface area contributed by atoms with Gasteiger partial charge >= 0.3 is 0 Å². The lowest BCUT2D eigenvalue weighted by Gasteiger charge is -2.17. The van der Waals surface area contributed by atoms with Crippen LogP contribution in [0.3, 0.4) is 0 Å². The van der Waals surface area contributed by atoms with Crippen LogP contribution >= 0.6 is 11.6 Å². The van der Waals surface area contributed by atoms with Crippen LogP contribution in [0, 0.1) is 18.6 Å². The molecule has 0 aromatic heterocycles. The Morgan fingerprint density at radius 1 is 1.14 bits per heavy atom. The summed E-state index contributed by atoms with van der Waals surface area (Å²) in [7, 11) is 1.77. The van der Waals surface area contributed by atoms with Crippen molar-refractivity contribution < 1.29 is 13.5 Å². The Kier molecular flexibility index (Phi) is 4.80. The number of ether oxygens (including phenoxy) is 1. The van der Waals surface area contributed by atoms with Crippen LogP contribution in [-0.4, -0.2) is 7.05 Å².